The molecule has 27 heavy (non-hydrogen) atoms. The highest BCUT2D eigenvalue weighted by Crippen LogP contribution is 2.38. The predicted molar refractivity (Wildman–Crippen MR) is 106 cm³/mol. The van der Waals surface area contributed by atoms with Crippen molar-refractivity contribution in [1.29, 1.82) is 0 Å². The molecule has 4 atom stereocenters. The summed E-state index contributed by atoms with van der Waals surface area (Å²) in [6.07, 6.45) is 8.47. The Balaban J connectivity index is 1.47. The molecule has 1 fully saturated rings. The molecule has 5 heteroatoms. The highest BCUT2D eigenvalue weighted by atomic mass is 16.3. The van der Waals surface area contributed by atoms with E-state index in [1.54, 1.807) is 6.33 Å². The van der Waals surface area contributed by atoms with Gasteiger partial charge in [0.1, 0.15) is 17.8 Å². The predicted octanol–water partition coefficient (Wildman–Crippen LogP) is 4.07. The number of aromatic nitrogens is 3. The van der Waals surface area contributed by atoms with Gasteiger partial charge in [-0.25, -0.2) is 9.97 Å². The first kappa shape index (κ1) is 16.8. The van der Waals surface area contributed by atoms with Gasteiger partial charge in [-0.1, -0.05) is 24.3 Å². The van der Waals surface area contributed by atoms with E-state index in [0.29, 0.717) is 0 Å². The Bertz CT molecular complexity index is 956. The second kappa shape index (κ2) is 6.64. The average molecular weight is 361 g/mol. The van der Waals surface area contributed by atoms with E-state index in [4.69, 9.17) is 0 Å². The van der Waals surface area contributed by atoms with Gasteiger partial charge >= 0.3 is 0 Å². The number of aryl methyl sites for hydroxylation is 1. The van der Waals surface area contributed by atoms with Gasteiger partial charge in [0.05, 0.1) is 17.5 Å². The summed E-state index contributed by atoms with van der Waals surface area (Å²) in [6.45, 7) is 4.07. The van der Waals surface area contributed by atoms with Crippen molar-refractivity contribution in [2.45, 2.75) is 50.3 Å². The van der Waals surface area contributed by atoms with Crippen LogP contribution in [-0.4, -0.2) is 25.7 Å². The van der Waals surface area contributed by atoms with Gasteiger partial charge in [-0.2, -0.15) is 0 Å². The second-order valence-corrected chi connectivity index (χ2v) is 7.92. The first-order chi connectivity index (χ1) is 13.2. The molecular formula is C22H25N4O. The molecule has 0 spiro atoms. The van der Waals surface area contributed by atoms with E-state index in [9.17, 15) is 5.11 Å². The summed E-state index contributed by atoms with van der Waals surface area (Å²) in [7, 11) is 0. The maximum atomic E-state index is 10.1. The summed E-state index contributed by atoms with van der Waals surface area (Å²) in [5.41, 5.74) is 3.75. The third kappa shape index (κ3) is 2.90. The fraction of sp³-hybridized carbons (Fsp3) is 0.409. The summed E-state index contributed by atoms with van der Waals surface area (Å²) in [4.78, 5) is 9.09. The van der Waals surface area contributed by atoms with Gasteiger partial charge in [-0.3, -0.25) is 0 Å². The molecule has 1 radical (unpaired) electrons. The number of benzene rings is 1. The molecule has 1 aromatic carbocycles. The minimum atomic E-state index is -0.328. The Labute approximate surface area is 159 Å². The van der Waals surface area contributed by atoms with Crippen LogP contribution in [0.15, 0.2) is 42.9 Å². The molecule has 3 aromatic rings. The summed E-state index contributed by atoms with van der Waals surface area (Å²) >= 11 is 0. The molecule has 2 aliphatic carbocycles. The number of anilines is 1. The maximum Gasteiger partial charge on any atom is 0.145 e. The van der Waals surface area contributed by atoms with Crippen LogP contribution in [0.4, 0.5) is 5.82 Å². The summed E-state index contributed by atoms with van der Waals surface area (Å²) in [5, 5.41) is 14.8. The van der Waals surface area contributed by atoms with Gasteiger partial charge in [0, 0.05) is 12.2 Å². The number of hydrogen-bond acceptors (Lipinski definition) is 4. The smallest absolute Gasteiger partial charge is 0.145 e. The number of fused-ring (bicyclic) bond motifs is 2. The van der Waals surface area contributed by atoms with Crippen molar-refractivity contribution in [3.8, 4) is 0 Å². The van der Waals surface area contributed by atoms with Gasteiger partial charge in [0.2, 0.25) is 0 Å². The largest absolute Gasteiger partial charge is 0.393 e. The van der Waals surface area contributed by atoms with Crippen molar-refractivity contribution < 1.29 is 5.11 Å². The molecule has 0 aliphatic heterocycles. The zero-order valence-electron chi connectivity index (χ0n) is 15.4. The Morgan fingerprint density at radius 1 is 1.15 bits per heavy atom. The van der Waals surface area contributed by atoms with Crippen molar-refractivity contribution in [2.24, 2.45) is 5.92 Å². The monoisotopic (exact) mass is 361 g/mol. The highest BCUT2D eigenvalue weighted by Gasteiger charge is 2.32. The van der Waals surface area contributed by atoms with Gasteiger partial charge in [0.25, 0.3) is 0 Å². The van der Waals surface area contributed by atoms with E-state index in [1.807, 2.05) is 0 Å². The van der Waals surface area contributed by atoms with Crippen LogP contribution < -0.4 is 5.32 Å². The van der Waals surface area contributed by atoms with Crippen molar-refractivity contribution in [3.63, 3.8) is 0 Å². The van der Waals surface area contributed by atoms with Gasteiger partial charge in [-0.15, -0.1) is 0 Å². The van der Waals surface area contributed by atoms with Crippen LogP contribution in [0.5, 0.6) is 0 Å². The first-order valence-corrected chi connectivity index (χ1v) is 9.87. The Morgan fingerprint density at radius 2 is 2.04 bits per heavy atom. The van der Waals surface area contributed by atoms with E-state index >= 15 is 0 Å². The molecule has 1 saturated carbocycles. The van der Waals surface area contributed by atoms with Crippen LogP contribution in [0.3, 0.4) is 0 Å². The number of rotatable bonds is 3. The molecule has 0 bridgehead atoms. The number of nitrogens with one attached hydrogen (secondary N) is 1. The number of nitrogens with zero attached hydrogens (tertiary/aromatic N) is 3. The van der Waals surface area contributed by atoms with Crippen molar-refractivity contribution in [3.05, 3.63) is 60.9 Å². The standard InChI is InChI=1S/C22H25N4O/c1-14-11-16(12-20(14)27)26-10-9-18-21(23-13-24-22(18)26)25-19-8-4-6-15-5-2-3-7-17(15)19/h2-3,5,7,9-10,13-14,16,19-20,27H,1,4,6,8,11-12H2,(H,23,24,25)/t14-,16+,19-,20-/m0/s1. The lowest BCUT2D eigenvalue weighted by molar-refractivity contribution is 0.149. The van der Waals surface area contributed by atoms with E-state index in [-0.39, 0.29) is 24.1 Å². The van der Waals surface area contributed by atoms with Crippen molar-refractivity contribution >= 4 is 16.9 Å². The fourth-order valence-corrected chi connectivity index (χ4v) is 4.75. The molecule has 5 rings (SSSR count). The van der Waals surface area contributed by atoms with Crippen LogP contribution in [0.25, 0.3) is 11.0 Å². The number of aliphatic hydroxyl groups excluding tert-OH is 1. The third-order valence-electron chi connectivity index (χ3n) is 6.22. The van der Waals surface area contributed by atoms with Crippen LogP contribution >= 0.6 is 0 Å². The zero-order valence-corrected chi connectivity index (χ0v) is 15.4. The quantitative estimate of drug-likeness (QED) is 0.738. The molecule has 2 aliphatic rings. The molecule has 0 amide bonds. The molecule has 2 N–H and O–H groups in total. The fourth-order valence-electron chi connectivity index (χ4n) is 4.75. The SMILES string of the molecule is [CH2][C@H]1C[C@@H](n2ccc3c(N[C@H]4CCCc5ccccc54)ncnc32)C[C@@H]1O. The van der Waals surface area contributed by atoms with Gasteiger partial charge in [0.15, 0.2) is 0 Å². The number of hydrogen-bond donors (Lipinski definition) is 2. The van der Waals surface area contributed by atoms with E-state index in [0.717, 1.165) is 42.5 Å². The molecule has 2 heterocycles. The van der Waals surface area contributed by atoms with Crippen LogP contribution in [0.1, 0.15) is 48.9 Å². The van der Waals surface area contributed by atoms with Crippen molar-refractivity contribution in [2.75, 3.05) is 5.32 Å². The van der Waals surface area contributed by atoms with E-state index < -0.39 is 0 Å². The second-order valence-electron chi connectivity index (χ2n) is 7.92. The zero-order chi connectivity index (χ0) is 18.4. The average Bonchev–Trinajstić information content (AvgIpc) is 3.26. The first-order valence-electron chi connectivity index (χ1n) is 9.87. The van der Waals surface area contributed by atoms with Crippen LogP contribution in [-0.2, 0) is 6.42 Å². The lowest BCUT2D eigenvalue weighted by atomic mass is 9.88. The summed E-state index contributed by atoms with van der Waals surface area (Å²) in [6, 6.07) is 11.3. The highest BCUT2D eigenvalue weighted by molar-refractivity contribution is 5.87. The lowest BCUT2D eigenvalue weighted by Crippen LogP contribution is -2.18. The molecular weight excluding hydrogens is 336 g/mol. The van der Waals surface area contributed by atoms with Gasteiger partial charge in [-0.05, 0) is 62.1 Å². The molecule has 0 saturated heterocycles. The van der Waals surface area contributed by atoms with E-state index in [1.165, 1.54) is 17.5 Å². The Morgan fingerprint density at radius 3 is 2.89 bits per heavy atom. The third-order valence-corrected chi connectivity index (χ3v) is 6.22. The van der Waals surface area contributed by atoms with Crippen molar-refractivity contribution in [1.82, 2.24) is 14.5 Å². The summed E-state index contributed by atoms with van der Waals surface area (Å²) in [5.74, 6) is 0.982. The minimum Gasteiger partial charge on any atom is -0.393 e. The molecule has 5 nitrogen and oxygen atoms in total. The Kier molecular flexibility index (Phi) is 4.12. The summed E-state index contributed by atoms with van der Waals surface area (Å²) < 4.78 is 2.19. The maximum absolute atomic E-state index is 10.1. The Hall–Kier alpha value is -2.40. The van der Waals surface area contributed by atoms with Crippen LogP contribution in [0.2, 0.25) is 0 Å². The lowest BCUT2D eigenvalue weighted by Gasteiger charge is -2.27. The minimum absolute atomic E-state index is 0.0885. The topological polar surface area (TPSA) is 63.0 Å². The molecule has 0 unspecified atom stereocenters. The molecule has 139 valence electrons. The van der Waals surface area contributed by atoms with Crippen LogP contribution in [0, 0.1) is 12.8 Å². The van der Waals surface area contributed by atoms with E-state index in [2.05, 4.69) is 63.3 Å². The van der Waals surface area contributed by atoms with Gasteiger partial charge < -0.3 is 15.0 Å². The molecule has 2 aromatic heterocycles. The number of aliphatic hydroxyl groups is 1. The normalized spacial score (nSPS) is 27.6.